The van der Waals surface area contributed by atoms with Gasteiger partial charge in [0.1, 0.15) is 17.5 Å². The Morgan fingerprint density at radius 1 is 1.08 bits per heavy atom. The average Bonchev–Trinajstić information content (AvgIpc) is 3.29. The molecule has 4 rings (SSSR count). The molecular formula is C30H42N2O4. The number of carbonyl (C=O) groups is 2. The maximum Gasteiger partial charge on any atom is 0.326 e. The van der Waals surface area contributed by atoms with E-state index in [1.54, 1.807) is 26.8 Å². The molecule has 2 N–H and O–H groups in total. The third-order valence-electron chi connectivity index (χ3n) is 7.90. The number of nitrogens with zero attached hydrogens (tertiary/aromatic N) is 1. The van der Waals surface area contributed by atoms with Crippen LogP contribution in [-0.4, -0.2) is 34.1 Å². The van der Waals surface area contributed by atoms with Gasteiger partial charge in [-0.2, -0.15) is 0 Å². The molecule has 0 bridgehead atoms. The summed E-state index contributed by atoms with van der Waals surface area (Å²) in [5, 5.41) is 14.3. The SMILES string of the molecule is C[C@@H]1CC(Oc2ccc3cc(C(=O)N[C@@H](C(=O)O)C(C)(C)C)nc(CC4CCCC4)c3c2)C[C@H](C)C1. The lowest BCUT2D eigenvalue weighted by Gasteiger charge is -2.31. The molecule has 2 saturated carbocycles. The number of hydrogen-bond acceptors (Lipinski definition) is 4. The smallest absolute Gasteiger partial charge is 0.326 e. The lowest BCUT2D eigenvalue weighted by molar-refractivity contribution is -0.142. The summed E-state index contributed by atoms with van der Waals surface area (Å²) < 4.78 is 6.45. The Labute approximate surface area is 215 Å². The minimum atomic E-state index is -1.05. The van der Waals surface area contributed by atoms with Gasteiger partial charge >= 0.3 is 5.97 Å². The first-order valence-corrected chi connectivity index (χ1v) is 13.6. The van der Waals surface area contributed by atoms with E-state index in [4.69, 9.17) is 9.72 Å². The van der Waals surface area contributed by atoms with E-state index in [2.05, 4.69) is 25.2 Å². The number of carboxylic acid groups (broad SMARTS) is 1. The summed E-state index contributed by atoms with van der Waals surface area (Å²) in [6.45, 7) is 10.0. The molecule has 1 aromatic heterocycles. The summed E-state index contributed by atoms with van der Waals surface area (Å²) in [4.78, 5) is 29.8. The molecule has 2 aliphatic rings. The van der Waals surface area contributed by atoms with Gasteiger partial charge in [0.2, 0.25) is 0 Å². The first-order valence-electron chi connectivity index (χ1n) is 13.6. The van der Waals surface area contributed by atoms with Gasteiger partial charge in [-0.1, -0.05) is 66.4 Å². The van der Waals surface area contributed by atoms with Crippen molar-refractivity contribution in [3.8, 4) is 5.75 Å². The van der Waals surface area contributed by atoms with Crippen molar-refractivity contribution in [3.63, 3.8) is 0 Å². The first kappa shape index (κ1) is 26.4. The molecule has 6 nitrogen and oxygen atoms in total. The summed E-state index contributed by atoms with van der Waals surface area (Å²) in [6, 6.07) is 6.86. The van der Waals surface area contributed by atoms with Crippen molar-refractivity contribution >= 4 is 22.6 Å². The van der Waals surface area contributed by atoms with Crippen molar-refractivity contribution in [2.24, 2.45) is 23.2 Å². The number of hydrogen-bond donors (Lipinski definition) is 2. The molecule has 1 aromatic carbocycles. The number of benzene rings is 1. The van der Waals surface area contributed by atoms with E-state index >= 15 is 0 Å². The average molecular weight is 495 g/mol. The highest BCUT2D eigenvalue weighted by Crippen LogP contribution is 2.34. The molecule has 1 heterocycles. The molecular weight excluding hydrogens is 452 g/mol. The van der Waals surface area contributed by atoms with Crippen LogP contribution in [0.5, 0.6) is 5.75 Å². The Morgan fingerprint density at radius 2 is 1.75 bits per heavy atom. The topological polar surface area (TPSA) is 88.5 Å². The van der Waals surface area contributed by atoms with Crippen LogP contribution in [0.25, 0.3) is 10.8 Å². The van der Waals surface area contributed by atoms with E-state index in [0.29, 0.717) is 17.8 Å². The predicted octanol–water partition coefficient (Wildman–Crippen LogP) is 6.40. The Hall–Kier alpha value is -2.63. The Kier molecular flexibility index (Phi) is 7.91. The van der Waals surface area contributed by atoms with Crippen molar-refractivity contribution in [3.05, 3.63) is 35.7 Å². The Balaban J connectivity index is 1.65. The third-order valence-corrected chi connectivity index (χ3v) is 7.90. The minimum Gasteiger partial charge on any atom is -0.490 e. The van der Waals surface area contributed by atoms with Crippen LogP contribution in [0.3, 0.4) is 0 Å². The van der Waals surface area contributed by atoms with E-state index in [0.717, 1.165) is 41.5 Å². The molecule has 2 fully saturated rings. The van der Waals surface area contributed by atoms with Gasteiger partial charge in [0, 0.05) is 11.1 Å². The van der Waals surface area contributed by atoms with Crippen LogP contribution >= 0.6 is 0 Å². The first-order chi connectivity index (χ1) is 17.0. The number of ether oxygens (including phenoxy) is 1. The highest BCUT2D eigenvalue weighted by atomic mass is 16.5. The fourth-order valence-corrected chi connectivity index (χ4v) is 6.15. The zero-order chi connectivity index (χ0) is 26.0. The molecule has 4 atom stereocenters. The minimum absolute atomic E-state index is 0.225. The molecule has 6 heteroatoms. The molecule has 1 unspecified atom stereocenters. The molecule has 0 saturated heterocycles. The van der Waals surface area contributed by atoms with E-state index in [9.17, 15) is 14.7 Å². The highest BCUT2D eigenvalue weighted by Gasteiger charge is 2.33. The van der Waals surface area contributed by atoms with Crippen molar-refractivity contribution in [1.82, 2.24) is 10.3 Å². The van der Waals surface area contributed by atoms with Crippen molar-refractivity contribution < 1.29 is 19.4 Å². The van der Waals surface area contributed by atoms with Gasteiger partial charge in [-0.3, -0.25) is 4.79 Å². The number of carboxylic acids is 1. The van der Waals surface area contributed by atoms with E-state index in [1.807, 2.05) is 12.1 Å². The normalized spacial score (nSPS) is 24.0. The van der Waals surface area contributed by atoms with E-state index in [1.165, 1.54) is 32.1 Å². The third kappa shape index (κ3) is 6.37. The maximum atomic E-state index is 13.2. The summed E-state index contributed by atoms with van der Waals surface area (Å²) in [5.74, 6) is 1.27. The second kappa shape index (κ2) is 10.8. The number of carbonyl (C=O) groups excluding carboxylic acids is 1. The van der Waals surface area contributed by atoms with Crippen LogP contribution in [0.15, 0.2) is 24.3 Å². The fourth-order valence-electron chi connectivity index (χ4n) is 6.15. The molecule has 196 valence electrons. The lowest BCUT2D eigenvalue weighted by Crippen LogP contribution is -2.49. The van der Waals surface area contributed by atoms with Gasteiger partial charge in [-0.05, 0) is 72.4 Å². The number of aliphatic carboxylic acids is 1. The van der Waals surface area contributed by atoms with Crippen molar-refractivity contribution in [2.45, 2.75) is 98.1 Å². The second-order valence-corrected chi connectivity index (χ2v) is 12.5. The Bertz CT molecular complexity index is 1090. The van der Waals surface area contributed by atoms with Crippen molar-refractivity contribution in [2.75, 3.05) is 0 Å². The molecule has 2 aromatic rings. The van der Waals surface area contributed by atoms with Crippen LogP contribution in [-0.2, 0) is 11.2 Å². The highest BCUT2D eigenvalue weighted by molar-refractivity contribution is 5.99. The van der Waals surface area contributed by atoms with Gasteiger partial charge in [0.25, 0.3) is 5.91 Å². The largest absolute Gasteiger partial charge is 0.490 e. The van der Waals surface area contributed by atoms with Gasteiger partial charge in [-0.15, -0.1) is 0 Å². The summed E-state index contributed by atoms with van der Waals surface area (Å²) in [7, 11) is 0. The van der Waals surface area contributed by atoms with Crippen LogP contribution in [0, 0.1) is 23.2 Å². The zero-order valence-corrected chi connectivity index (χ0v) is 22.5. The van der Waals surface area contributed by atoms with Crippen LogP contribution in [0.4, 0.5) is 0 Å². The molecule has 0 aliphatic heterocycles. The van der Waals surface area contributed by atoms with Gasteiger partial charge in [0.15, 0.2) is 0 Å². The monoisotopic (exact) mass is 494 g/mol. The molecule has 1 amide bonds. The van der Waals surface area contributed by atoms with Gasteiger partial charge < -0.3 is 15.2 Å². The van der Waals surface area contributed by atoms with E-state index in [-0.39, 0.29) is 11.8 Å². The maximum absolute atomic E-state index is 13.2. The number of fused-ring (bicyclic) bond motifs is 1. The number of amides is 1. The number of nitrogens with one attached hydrogen (secondary N) is 1. The van der Waals surface area contributed by atoms with Gasteiger partial charge in [-0.25, -0.2) is 9.78 Å². The van der Waals surface area contributed by atoms with Crippen LogP contribution < -0.4 is 10.1 Å². The standard InChI is InChI=1S/C30H42N2O4/c1-18-12-19(2)14-23(13-18)36-22-11-10-21-16-26(28(33)32-27(29(34)35)30(3,4)5)31-25(24(21)17-22)15-20-8-6-7-9-20/h10-11,16-20,23,27H,6-9,12-15H2,1-5H3,(H,32,33)(H,34,35)/t18-,19+,23?,27-/m0/s1. The molecule has 2 aliphatic carbocycles. The summed E-state index contributed by atoms with van der Waals surface area (Å²) in [5.41, 5.74) is 0.559. The second-order valence-electron chi connectivity index (χ2n) is 12.5. The number of aromatic nitrogens is 1. The quantitative estimate of drug-likeness (QED) is 0.465. The van der Waals surface area contributed by atoms with Gasteiger partial charge in [0.05, 0.1) is 6.10 Å². The fraction of sp³-hybridized carbons (Fsp3) is 0.633. The molecule has 36 heavy (non-hydrogen) atoms. The molecule has 0 radical (unpaired) electrons. The summed E-state index contributed by atoms with van der Waals surface area (Å²) >= 11 is 0. The van der Waals surface area contributed by atoms with Crippen LogP contribution in [0.1, 0.15) is 95.7 Å². The predicted molar refractivity (Wildman–Crippen MR) is 142 cm³/mol. The zero-order valence-electron chi connectivity index (χ0n) is 22.5. The molecule has 0 spiro atoms. The van der Waals surface area contributed by atoms with E-state index < -0.39 is 23.3 Å². The van der Waals surface area contributed by atoms with Crippen LogP contribution in [0.2, 0.25) is 0 Å². The van der Waals surface area contributed by atoms with Crippen molar-refractivity contribution in [1.29, 1.82) is 0 Å². The summed E-state index contributed by atoms with van der Waals surface area (Å²) in [6.07, 6.45) is 9.29. The number of rotatable bonds is 7. The lowest BCUT2D eigenvalue weighted by atomic mass is 9.82. The number of pyridine rings is 1. The Morgan fingerprint density at radius 3 is 2.36 bits per heavy atom.